The van der Waals surface area contributed by atoms with Gasteiger partial charge in [0.2, 0.25) is 5.91 Å². The van der Waals surface area contributed by atoms with Crippen molar-refractivity contribution < 1.29 is 9.53 Å². The van der Waals surface area contributed by atoms with Crippen molar-refractivity contribution in [3.8, 4) is 0 Å². The molecule has 0 spiro atoms. The van der Waals surface area contributed by atoms with Crippen molar-refractivity contribution in [2.45, 2.75) is 38.5 Å². The van der Waals surface area contributed by atoms with E-state index in [9.17, 15) is 4.79 Å². The molecule has 0 atom stereocenters. The molecule has 0 heterocycles. The second-order valence-electron chi connectivity index (χ2n) is 5.58. The number of rotatable bonds is 8. The summed E-state index contributed by atoms with van der Waals surface area (Å²) < 4.78 is 5.56. The number of halogens is 1. The van der Waals surface area contributed by atoms with E-state index in [-0.39, 0.29) is 5.91 Å². The van der Waals surface area contributed by atoms with E-state index >= 15 is 0 Å². The van der Waals surface area contributed by atoms with Crippen molar-refractivity contribution >= 4 is 28.9 Å². The number of anilines is 2. The first kappa shape index (κ1) is 16.1. The minimum Gasteiger partial charge on any atom is -0.397 e. The summed E-state index contributed by atoms with van der Waals surface area (Å²) in [6.45, 7) is 1.45. The summed E-state index contributed by atoms with van der Waals surface area (Å²) in [7, 11) is 0. The van der Waals surface area contributed by atoms with Crippen molar-refractivity contribution in [3.63, 3.8) is 0 Å². The molecule has 0 aromatic heterocycles. The lowest BCUT2D eigenvalue weighted by Gasteiger charge is -2.24. The Kier molecular flexibility index (Phi) is 6.33. The van der Waals surface area contributed by atoms with Gasteiger partial charge < -0.3 is 15.8 Å². The van der Waals surface area contributed by atoms with Crippen LogP contribution in [-0.4, -0.2) is 19.1 Å². The maximum Gasteiger partial charge on any atom is 0.224 e. The third-order valence-electron chi connectivity index (χ3n) is 3.88. The number of amides is 1. The fourth-order valence-corrected chi connectivity index (χ4v) is 2.51. The van der Waals surface area contributed by atoms with Crippen LogP contribution in [0.2, 0.25) is 5.02 Å². The highest BCUT2D eigenvalue weighted by molar-refractivity contribution is 6.31. The molecule has 1 aliphatic rings. The minimum atomic E-state index is -0.0494. The molecule has 1 aromatic rings. The van der Waals surface area contributed by atoms with Gasteiger partial charge in [0.1, 0.15) is 0 Å². The smallest absolute Gasteiger partial charge is 0.224 e. The van der Waals surface area contributed by atoms with Gasteiger partial charge in [-0.1, -0.05) is 30.9 Å². The number of carbonyl (C=O) groups is 1. The lowest BCUT2D eigenvalue weighted by molar-refractivity contribution is -0.116. The van der Waals surface area contributed by atoms with Gasteiger partial charge >= 0.3 is 0 Å². The van der Waals surface area contributed by atoms with Crippen LogP contribution in [0.4, 0.5) is 11.4 Å². The van der Waals surface area contributed by atoms with E-state index in [1.165, 1.54) is 19.3 Å². The molecule has 1 aliphatic carbocycles. The van der Waals surface area contributed by atoms with Crippen molar-refractivity contribution in [3.05, 3.63) is 23.2 Å². The van der Waals surface area contributed by atoms with Crippen LogP contribution < -0.4 is 11.1 Å². The number of nitrogens with two attached hydrogens (primary N) is 1. The summed E-state index contributed by atoms with van der Waals surface area (Å²) in [6, 6.07) is 5.04. The number of hydrogen-bond donors (Lipinski definition) is 2. The molecule has 0 bridgehead atoms. The molecule has 1 amide bonds. The first-order valence-corrected chi connectivity index (χ1v) is 7.95. The summed E-state index contributed by atoms with van der Waals surface area (Å²) >= 11 is 5.81. The number of benzene rings is 1. The molecule has 1 aromatic carbocycles. The maximum absolute atomic E-state index is 11.8. The van der Waals surface area contributed by atoms with Crippen LogP contribution in [0.5, 0.6) is 0 Å². The Bertz CT molecular complexity index is 475. The normalized spacial score (nSPS) is 14.7. The quantitative estimate of drug-likeness (QED) is 0.566. The first-order chi connectivity index (χ1) is 10.1. The predicted molar refractivity (Wildman–Crippen MR) is 86.5 cm³/mol. The van der Waals surface area contributed by atoms with Crippen molar-refractivity contribution in [2.24, 2.45) is 5.92 Å². The van der Waals surface area contributed by atoms with Gasteiger partial charge in [0, 0.05) is 24.7 Å². The Hall–Kier alpha value is -1.26. The Morgan fingerprint density at radius 3 is 2.86 bits per heavy atom. The van der Waals surface area contributed by atoms with E-state index in [0.717, 1.165) is 25.4 Å². The van der Waals surface area contributed by atoms with Crippen molar-refractivity contribution in [1.29, 1.82) is 0 Å². The summed E-state index contributed by atoms with van der Waals surface area (Å²) in [5.74, 6) is 0.827. The predicted octanol–water partition coefficient (Wildman–Crippen LogP) is 3.85. The second-order valence-corrected chi connectivity index (χ2v) is 6.02. The zero-order valence-electron chi connectivity index (χ0n) is 12.2. The molecule has 0 saturated heterocycles. The highest BCUT2D eigenvalue weighted by atomic mass is 35.5. The van der Waals surface area contributed by atoms with Crippen LogP contribution in [0.1, 0.15) is 38.5 Å². The minimum absolute atomic E-state index is 0.0494. The highest BCUT2D eigenvalue weighted by Gasteiger charge is 2.16. The molecule has 1 saturated carbocycles. The zero-order chi connectivity index (χ0) is 15.1. The van der Waals surface area contributed by atoms with E-state index in [0.29, 0.717) is 29.4 Å². The van der Waals surface area contributed by atoms with Crippen molar-refractivity contribution in [2.75, 3.05) is 24.3 Å². The summed E-state index contributed by atoms with van der Waals surface area (Å²) in [6.07, 6.45) is 6.41. The van der Waals surface area contributed by atoms with Crippen LogP contribution in [-0.2, 0) is 9.53 Å². The average molecular weight is 311 g/mol. The number of hydrogen-bond acceptors (Lipinski definition) is 3. The van der Waals surface area contributed by atoms with E-state index in [4.69, 9.17) is 22.1 Å². The molecular formula is C16H23ClN2O2. The largest absolute Gasteiger partial charge is 0.397 e. The number of nitrogen functional groups attached to an aromatic ring is 1. The van der Waals surface area contributed by atoms with Gasteiger partial charge in [-0.15, -0.1) is 0 Å². The fraction of sp³-hybridized carbons (Fsp3) is 0.562. The van der Waals surface area contributed by atoms with Gasteiger partial charge in [-0.3, -0.25) is 4.79 Å². The Balaban J connectivity index is 1.56. The molecule has 0 radical (unpaired) electrons. The van der Waals surface area contributed by atoms with Gasteiger partial charge in [0.25, 0.3) is 0 Å². The van der Waals surface area contributed by atoms with Crippen LogP contribution in [0, 0.1) is 5.92 Å². The maximum atomic E-state index is 11.8. The molecule has 0 aliphatic heterocycles. The monoisotopic (exact) mass is 310 g/mol. The Labute approximate surface area is 131 Å². The van der Waals surface area contributed by atoms with Gasteiger partial charge in [0.15, 0.2) is 0 Å². The molecule has 3 N–H and O–H groups in total. The standard InChI is InChI=1S/C16H23ClN2O2/c17-13-6-7-15(14(18)11-13)19-16(20)5-2-9-21-10-8-12-3-1-4-12/h6-7,11-12H,1-5,8-10,18H2,(H,19,20). The lowest BCUT2D eigenvalue weighted by Crippen LogP contribution is -2.15. The van der Waals surface area contributed by atoms with Gasteiger partial charge in [-0.05, 0) is 37.0 Å². The lowest BCUT2D eigenvalue weighted by atomic mass is 9.83. The molecule has 5 heteroatoms. The third kappa shape index (κ3) is 5.56. The van der Waals surface area contributed by atoms with Crippen LogP contribution in [0.15, 0.2) is 18.2 Å². The van der Waals surface area contributed by atoms with Crippen LogP contribution in [0.3, 0.4) is 0 Å². The average Bonchev–Trinajstić information content (AvgIpc) is 2.39. The van der Waals surface area contributed by atoms with E-state index < -0.39 is 0 Å². The van der Waals surface area contributed by atoms with Gasteiger partial charge in [-0.25, -0.2) is 0 Å². The van der Waals surface area contributed by atoms with E-state index in [1.807, 2.05) is 0 Å². The molecule has 2 rings (SSSR count). The van der Waals surface area contributed by atoms with Crippen molar-refractivity contribution in [1.82, 2.24) is 0 Å². The molecule has 116 valence electrons. The molecule has 21 heavy (non-hydrogen) atoms. The summed E-state index contributed by atoms with van der Waals surface area (Å²) in [5.41, 5.74) is 6.87. The topological polar surface area (TPSA) is 64.3 Å². The van der Waals surface area contributed by atoms with Gasteiger partial charge in [-0.2, -0.15) is 0 Å². The highest BCUT2D eigenvalue weighted by Crippen LogP contribution is 2.29. The van der Waals surface area contributed by atoms with Crippen LogP contribution >= 0.6 is 11.6 Å². The number of nitrogens with one attached hydrogen (secondary N) is 1. The van der Waals surface area contributed by atoms with Gasteiger partial charge in [0.05, 0.1) is 11.4 Å². The molecule has 0 unspecified atom stereocenters. The molecular weight excluding hydrogens is 288 g/mol. The SMILES string of the molecule is Nc1cc(Cl)ccc1NC(=O)CCCOCCC1CCC1. The molecule has 1 fully saturated rings. The Morgan fingerprint density at radius 1 is 1.38 bits per heavy atom. The number of carbonyl (C=O) groups excluding carboxylic acids is 1. The third-order valence-corrected chi connectivity index (χ3v) is 4.11. The van der Waals surface area contributed by atoms with Crippen LogP contribution in [0.25, 0.3) is 0 Å². The Morgan fingerprint density at radius 2 is 2.19 bits per heavy atom. The zero-order valence-corrected chi connectivity index (χ0v) is 13.0. The summed E-state index contributed by atoms with van der Waals surface area (Å²) in [4.78, 5) is 11.8. The van der Waals surface area contributed by atoms with E-state index in [2.05, 4.69) is 5.32 Å². The molecule has 4 nitrogen and oxygen atoms in total. The fourth-order valence-electron chi connectivity index (χ4n) is 2.33. The summed E-state index contributed by atoms with van der Waals surface area (Å²) in [5, 5.41) is 3.35. The van der Waals surface area contributed by atoms with E-state index in [1.54, 1.807) is 18.2 Å². The number of ether oxygens (including phenoxy) is 1. The first-order valence-electron chi connectivity index (χ1n) is 7.58. The second kappa shape index (κ2) is 8.25.